The molecule has 2 aromatic carbocycles. The molecule has 4 rings (SSSR count). The number of benzene rings is 2. The molecule has 0 aliphatic carbocycles. The normalized spacial score (nSPS) is 14.0. The van der Waals surface area contributed by atoms with Gasteiger partial charge in [-0.05, 0) is 23.8 Å². The van der Waals surface area contributed by atoms with Gasteiger partial charge in [-0.15, -0.1) is 0 Å². The monoisotopic (exact) mass is 407 g/mol. The van der Waals surface area contributed by atoms with Crippen LogP contribution in [0.4, 0.5) is 5.69 Å². The van der Waals surface area contributed by atoms with E-state index in [9.17, 15) is 9.59 Å². The van der Waals surface area contributed by atoms with Gasteiger partial charge in [-0.2, -0.15) is 0 Å². The summed E-state index contributed by atoms with van der Waals surface area (Å²) in [5.41, 5.74) is 2.87. The van der Waals surface area contributed by atoms with Gasteiger partial charge in [0.2, 0.25) is 0 Å². The van der Waals surface area contributed by atoms with Crippen molar-refractivity contribution in [1.82, 2.24) is 9.88 Å². The Labute approximate surface area is 175 Å². The van der Waals surface area contributed by atoms with E-state index in [4.69, 9.17) is 9.47 Å². The number of hydrogen-bond acceptors (Lipinski definition) is 5. The van der Waals surface area contributed by atoms with Crippen LogP contribution in [0.15, 0.2) is 54.7 Å². The Kier molecular flexibility index (Phi) is 5.88. The van der Waals surface area contributed by atoms with E-state index in [0.717, 1.165) is 27.9 Å². The van der Waals surface area contributed by atoms with Crippen LogP contribution in [-0.2, 0) is 20.7 Å². The molecule has 30 heavy (non-hydrogen) atoms. The summed E-state index contributed by atoms with van der Waals surface area (Å²) in [7, 11) is 1.66. The molecule has 7 heteroatoms. The number of nitrogens with zero attached hydrogens (tertiary/aromatic N) is 2. The third kappa shape index (κ3) is 4.25. The van der Waals surface area contributed by atoms with E-state index in [2.05, 4.69) is 9.88 Å². The second-order valence-corrected chi connectivity index (χ2v) is 7.24. The Morgan fingerprint density at radius 3 is 2.53 bits per heavy atom. The van der Waals surface area contributed by atoms with Crippen molar-refractivity contribution in [3.8, 4) is 5.75 Å². The quantitative estimate of drug-likeness (QED) is 0.636. The van der Waals surface area contributed by atoms with Crippen LogP contribution in [0.5, 0.6) is 5.75 Å². The molecule has 0 bridgehead atoms. The minimum atomic E-state index is -0.402. The number of para-hydroxylation sites is 3. The Bertz CT molecular complexity index is 1040. The lowest BCUT2D eigenvalue weighted by Crippen LogP contribution is -2.50. The fourth-order valence-electron chi connectivity index (χ4n) is 3.81. The van der Waals surface area contributed by atoms with Crippen LogP contribution in [0.25, 0.3) is 10.9 Å². The van der Waals surface area contributed by atoms with Gasteiger partial charge in [0.25, 0.3) is 5.91 Å². The molecule has 1 saturated heterocycles. The number of piperazine rings is 1. The van der Waals surface area contributed by atoms with Gasteiger partial charge in [-0.25, -0.2) is 0 Å². The number of fused-ring (bicyclic) bond motifs is 1. The number of anilines is 1. The highest BCUT2D eigenvalue weighted by Crippen LogP contribution is 2.28. The minimum Gasteiger partial charge on any atom is -0.495 e. The number of H-pyrrole nitrogens is 1. The average Bonchev–Trinajstić information content (AvgIpc) is 3.20. The lowest BCUT2D eigenvalue weighted by atomic mass is 10.1. The Balaban J connectivity index is 1.26. The molecule has 1 N–H and O–H groups in total. The molecular formula is C23H25N3O4. The first-order valence-electron chi connectivity index (χ1n) is 10.0. The van der Waals surface area contributed by atoms with Crippen molar-refractivity contribution in [3.05, 3.63) is 60.3 Å². The van der Waals surface area contributed by atoms with Crippen LogP contribution in [0.2, 0.25) is 0 Å². The number of nitrogens with one attached hydrogen (secondary N) is 1. The SMILES string of the molecule is COc1ccccc1N1CCN(C(=O)COC(=O)Cc2c[nH]c3ccccc23)CC1. The van der Waals surface area contributed by atoms with Crippen LogP contribution in [0.3, 0.4) is 0 Å². The van der Waals surface area contributed by atoms with Crippen molar-refractivity contribution in [2.45, 2.75) is 6.42 Å². The van der Waals surface area contributed by atoms with E-state index in [1.165, 1.54) is 0 Å². The molecule has 1 aliphatic rings. The average molecular weight is 407 g/mol. The molecule has 0 saturated carbocycles. The lowest BCUT2D eigenvalue weighted by Gasteiger charge is -2.36. The molecule has 1 aliphatic heterocycles. The van der Waals surface area contributed by atoms with Crippen molar-refractivity contribution in [3.63, 3.8) is 0 Å². The predicted octanol–water partition coefficient (Wildman–Crippen LogP) is 2.61. The van der Waals surface area contributed by atoms with Crippen LogP contribution in [-0.4, -0.2) is 61.7 Å². The largest absolute Gasteiger partial charge is 0.495 e. The molecule has 2 heterocycles. The number of carbonyl (C=O) groups is 2. The Morgan fingerprint density at radius 2 is 1.73 bits per heavy atom. The molecule has 0 spiro atoms. The lowest BCUT2D eigenvalue weighted by molar-refractivity contribution is -0.151. The molecule has 156 valence electrons. The van der Waals surface area contributed by atoms with Gasteiger partial charge in [0.05, 0.1) is 19.2 Å². The molecule has 1 amide bonds. The number of rotatable bonds is 6. The second kappa shape index (κ2) is 8.90. The van der Waals surface area contributed by atoms with Crippen LogP contribution in [0, 0.1) is 0 Å². The molecule has 0 unspecified atom stereocenters. The summed E-state index contributed by atoms with van der Waals surface area (Å²) in [6.07, 6.45) is 1.95. The first-order valence-corrected chi connectivity index (χ1v) is 10.0. The van der Waals surface area contributed by atoms with Crippen LogP contribution >= 0.6 is 0 Å². The van der Waals surface area contributed by atoms with Crippen molar-refractivity contribution in [2.24, 2.45) is 0 Å². The van der Waals surface area contributed by atoms with Crippen molar-refractivity contribution < 1.29 is 19.1 Å². The maximum Gasteiger partial charge on any atom is 0.310 e. The van der Waals surface area contributed by atoms with Crippen LogP contribution < -0.4 is 9.64 Å². The van der Waals surface area contributed by atoms with Gasteiger partial charge in [-0.1, -0.05) is 30.3 Å². The van der Waals surface area contributed by atoms with Gasteiger partial charge in [-0.3, -0.25) is 9.59 Å². The third-order valence-corrected chi connectivity index (χ3v) is 5.42. The zero-order chi connectivity index (χ0) is 20.9. The number of carbonyl (C=O) groups excluding carboxylic acids is 2. The standard InChI is InChI=1S/C23H25N3O4/c1-29-21-9-5-4-8-20(21)25-10-12-26(13-11-25)22(27)16-30-23(28)14-17-15-24-19-7-3-2-6-18(17)19/h2-9,15,24H,10-14,16H2,1H3. The Hall–Kier alpha value is -3.48. The topological polar surface area (TPSA) is 74.9 Å². The van der Waals surface area contributed by atoms with Gasteiger partial charge >= 0.3 is 5.97 Å². The number of aromatic amines is 1. The fraction of sp³-hybridized carbons (Fsp3) is 0.304. The van der Waals surface area contributed by atoms with Crippen molar-refractivity contribution in [1.29, 1.82) is 0 Å². The molecule has 0 atom stereocenters. The summed E-state index contributed by atoms with van der Waals surface area (Å²) in [6.45, 7) is 2.34. The number of methoxy groups -OCH3 is 1. The first-order chi connectivity index (χ1) is 14.7. The molecule has 1 aromatic heterocycles. The van der Waals surface area contributed by atoms with E-state index in [0.29, 0.717) is 26.2 Å². The molecule has 1 fully saturated rings. The van der Waals surface area contributed by atoms with Crippen molar-refractivity contribution in [2.75, 3.05) is 44.8 Å². The third-order valence-electron chi connectivity index (χ3n) is 5.42. The zero-order valence-electron chi connectivity index (χ0n) is 17.0. The van der Waals surface area contributed by atoms with E-state index in [1.54, 1.807) is 12.0 Å². The fourth-order valence-corrected chi connectivity index (χ4v) is 3.81. The summed E-state index contributed by atoms with van der Waals surface area (Å²) in [5.74, 6) is 0.256. The maximum atomic E-state index is 12.5. The highest BCUT2D eigenvalue weighted by Gasteiger charge is 2.23. The Morgan fingerprint density at radius 1 is 1.00 bits per heavy atom. The molecule has 3 aromatic rings. The number of ether oxygens (including phenoxy) is 2. The summed E-state index contributed by atoms with van der Waals surface area (Å²) < 4.78 is 10.7. The van der Waals surface area contributed by atoms with Crippen LogP contribution in [0.1, 0.15) is 5.56 Å². The van der Waals surface area contributed by atoms with E-state index in [1.807, 2.05) is 54.7 Å². The minimum absolute atomic E-state index is 0.138. The van der Waals surface area contributed by atoms with E-state index >= 15 is 0 Å². The second-order valence-electron chi connectivity index (χ2n) is 7.24. The van der Waals surface area contributed by atoms with E-state index < -0.39 is 5.97 Å². The number of amides is 1. The van der Waals surface area contributed by atoms with Gasteiger partial charge < -0.3 is 24.3 Å². The summed E-state index contributed by atoms with van der Waals surface area (Å²) in [5, 5.41) is 0.994. The molecule has 7 nitrogen and oxygen atoms in total. The predicted molar refractivity (Wildman–Crippen MR) is 115 cm³/mol. The van der Waals surface area contributed by atoms with Crippen molar-refractivity contribution >= 4 is 28.5 Å². The summed E-state index contributed by atoms with van der Waals surface area (Å²) in [4.78, 5) is 31.8. The molecule has 0 radical (unpaired) electrons. The number of hydrogen-bond donors (Lipinski definition) is 1. The maximum absolute atomic E-state index is 12.5. The smallest absolute Gasteiger partial charge is 0.310 e. The summed E-state index contributed by atoms with van der Waals surface area (Å²) in [6, 6.07) is 15.6. The highest BCUT2D eigenvalue weighted by atomic mass is 16.5. The van der Waals surface area contributed by atoms with Gasteiger partial charge in [0.15, 0.2) is 6.61 Å². The summed E-state index contributed by atoms with van der Waals surface area (Å²) >= 11 is 0. The van der Waals surface area contributed by atoms with E-state index in [-0.39, 0.29) is 18.9 Å². The first kappa shape index (κ1) is 19.8. The number of aromatic nitrogens is 1. The number of esters is 1. The van der Waals surface area contributed by atoms with Gasteiger partial charge in [0.1, 0.15) is 5.75 Å². The highest BCUT2D eigenvalue weighted by molar-refractivity contribution is 5.88. The molecular weight excluding hydrogens is 382 g/mol. The van der Waals surface area contributed by atoms with Gasteiger partial charge in [0, 0.05) is 43.3 Å². The zero-order valence-corrected chi connectivity index (χ0v) is 17.0.